The van der Waals surface area contributed by atoms with Gasteiger partial charge in [0.25, 0.3) is 0 Å². The fourth-order valence-corrected chi connectivity index (χ4v) is 1.34. The highest BCUT2D eigenvalue weighted by atomic mass is 16.5. The van der Waals surface area contributed by atoms with Gasteiger partial charge in [-0.1, -0.05) is 25.6 Å². The Morgan fingerprint density at radius 3 is 2.88 bits per heavy atom. The van der Waals surface area contributed by atoms with E-state index in [0.29, 0.717) is 12.2 Å². The van der Waals surface area contributed by atoms with E-state index in [1.165, 1.54) is 0 Å². The van der Waals surface area contributed by atoms with Gasteiger partial charge < -0.3 is 10.1 Å². The lowest BCUT2D eigenvalue weighted by Crippen LogP contribution is -2.10. The molecule has 0 aliphatic heterocycles. The lowest BCUT2D eigenvalue weighted by Gasteiger charge is -2.08. The summed E-state index contributed by atoms with van der Waals surface area (Å²) < 4.78 is 5.04. The summed E-state index contributed by atoms with van der Waals surface area (Å²) >= 11 is 0. The first-order valence-corrected chi connectivity index (χ1v) is 5.30. The summed E-state index contributed by atoms with van der Waals surface area (Å²) in [7, 11) is 1.57. The predicted molar refractivity (Wildman–Crippen MR) is 66.0 cm³/mol. The van der Waals surface area contributed by atoms with E-state index in [1.807, 2.05) is 31.2 Å². The number of carbonyl (C=O) groups is 1. The van der Waals surface area contributed by atoms with Crippen molar-refractivity contribution in [1.29, 1.82) is 0 Å². The second-order valence-electron chi connectivity index (χ2n) is 3.51. The Kier molecular flexibility index (Phi) is 4.58. The fourth-order valence-electron chi connectivity index (χ4n) is 1.34. The first-order chi connectivity index (χ1) is 7.67. The Labute approximate surface area is 96.1 Å². The highest BCUT2D eigenvalue weighted by molar-refractivity contribution is 5.91. The molecule has 1 aromatic rings. The smallest absolute Gasteiger partial charge is 0.224 e. The highest BCUT2D eigenvalue weighted by Crippen LogP contribution is 2.17. The zero-order valence-electron chi connectivity index (χ0n) is 9.75. The number of carbonyl (C=O) groups excluding carboxylic acids is 1. The maximum atomic E-state index is 11.4. The lowest BCUT2D eigenvalue weighted by atomic mass is 10.1. The van der Waals surface area contributed by atoms with Crippen LogP contribution in [0.5, 0.6) is 0 Å². The van der Waals surface area contributed by atoms with Crippen LogP contribution in [0.2, 0.25) is 0 Å². The number of amides is 1. The Hall–Kier alpha value is -1.77. The quantitative estimate of drug-likeness (QED) is 0.773. The number of rotatable bonds is 5. The molecule has 3 nitrogen and oxygen atoms in total. The SMILES string of the molecule is C=C(OC)c1cccc(NC(=O)CCC)c1. The molecule has 0 bridgehead atoms. The normalized spacial score (nSPS) is 9.62. The Morgan fingerprint density at radius 1 is 1.50 bits per heavy atom. The van der Waals surface area contributed by atoms with Crippen molar-refractivity contribution in [1.82, 2.24) is 0 Å². The molecule has 1 rings (SSSR count). The van der Waals surface area contributed by atoms with Gasteiger partial charge in [0.1, 0.15) is 5.76 Å². The molecule has 0 saturated carbocycles. The molecule has 0 spiro atoms. The summed E-state index contributed by atoms with van der Waals surface area (Å²) in [6, 6.07) is 7.45. The van der Waals surface area contributed by atoms with E-state index in [1.54, 1.807) is 7.11 Å². The van der Waals surface area contributed by atoms with Gasteiger partial charge in [-0.3, -0.25) is 4.79 Å². The van der Waals surface area contributed by atoms with Crippen LogP contribution >= 0.6 is 0 Å². The van der Waals surface area contributed by atoms with Gasteiger partial charge in [-0.15, -0.1) is 0 Å². The summed E-state index contributed by atoms with van der Waals surface area (Å²) in [4.78, 5) is 11.4. The van der Waals surface area contributed by atoms with Crippen LogP contribution in [0.15, 0.2) is 30.8 Å². The van der Waals surface area contributed by atoms with E-state index in [2.05, 4.69) is 11.9 Å². The molecule has 0 fully saturated rings. The average molecular weight is 219 g/mol. The zero-order valence-corrected chi connectivity index (χ0v) is 9.75. The highest BCUT2D eigenvalue weighted by Gasteiger charge is 2.03. The maximum Gasteiger partial charge on any atom is 0.224 e. The Balaban J connectivity index is 2.74. The molecule has 0 aromatic heterocycles. The van der Waals surface area contributed by atoms with Crippen molar-refractivity contribution in [3.63, 3.8) is 0 Å². The van der Waals surface area contributed by atoms with Gasteiger partial charge in [0.2, 0.25) is 5.91 Å². The maximum absolute atomic E-state index is 11.4. The summed E-state index contributed by atoms with van der Waals surface area (Å²) in [5.74, 6) is 0.620. The zero-order chi connectivity index (χ0) is 12.0. The van der Waals surface area contributed by atoms with Gasteiger partial charge in [0, 0.05) is 17.7 Å². The number of anilines is 1. The van der Waals surface area contributed by atoms with Gasteiger partial charge in [-0.25, -0.2) is 0 Å². The number of nitrogens with one attached hydrogen (secondary N) is 1. The van der Waals surface area contributed by atoms with E-state index in [-0.39, 0.29) is 5.91 Å². The topological polar surface area (TPSA) is 38.3 Å². The molecule has 0 aliphatic carbocycles. The Bertz CT molecular complexity index is 385. The van der Waals surface area contributed by atoms with Gasteiger partial charge in [0.05, 0.1) is 7.11 Å². The molecule has 1 N–H and O–H groups in total. The first kappa shape index (κ1) is 12.3. The van der Waals surface area contributed by atoms with Crippen molar-refractivity contribution >= 4 is 17.4 Å². The summed E-state index contributed by atoms with van der Waals surface area (Å²) in [6.07, 6.45) is 1.38. The molecule has 0 atom stereocenters. The summed E-state index contributed by atoms with van der Waals surface area (Å²) in [6.45, 7) is 5.74. The van der Waals surface area contributed by atoms with E-state index in [9.17, 15) is 4.79 Å². The second-order valence-corrected chi connectivity index (χ2v) is 3.51. The van der Waals surface area contributed by atoms with Crippen molar-refractivity contribution in [2.75, 3.05) is 12.4 Å². The molecule has 1 amide bonds. The van der Waals surface area contributed by atoms with E-state index >= 15 is 0 Å². The largest absolute Gasteiger partial charge is 0.497 e. The minimum atomic E-state index is 0.0303. The molecule has 0 heterocycles. The molecule has 86 valence electrons. The number of benzene rings is 1. The molecule has 1 aromatic carbocycles. The van der Waals surface area contributed by atoms with Crippen LogP contribution in [0.25, 0.3) is 5.76 Å². The first-order valence-electron chi connectivity index (χ1n) is 5.30. The molecule has 0 aliphatic rings. The molecular weight excluding hydrogens is 202 g/mol. The molecule has 16 heavy (non-hydrogen) atoms. The third kappa shape index (κ3) is 3.42. The van der Waals surface area contributed by atoms with Gasteiger partial charge in [-0.2, -0.15) is 0 Å². The fraction of sp³-hybridized carbons (Fsp3) is 0.308. The molecular formula is C13H17NO2. The van der Waals surface area contributed by atoms with E-state index < -0.39 is 0 Å². The van der Waals surface area contributed by atoms with Crippen LogP contribution in [0.1, 0.15) is 25.3 Å². The predicted octanol–water partition coefficient (Wildman–Crippen LogP) is 3.04. The van der Waals surface area contributed by atoms with Crippen LogP contribution in [0, 0.1) is 0 Å². The van der Waals surface area contributed by atoms with Crippen molar-refractivity contribution in [3.8, 4) is 0 Å². The van der Waals surface area contributed by atoms with Gasteiger partial charge >= 0.3 is 0 Å². The van der Waals surface area contributed by atoms with Crippen LogP contribution in [-0.2, 0) is 9.53 Å². The molecule has 0 radical (unpaired) electrons. The average Bonchev–Trinajstić information content (AvgIpc) is 2.28. The van der Waals surface area contributed by atoms with Crippen LogP contribution < -0.4 is 5.32 Å². The summed E-state index contributed by atoms with van der Waals surface area (Å²) in [5, 5.41) is 2.83. The van der Waals surface area contributed by atoms with Crippen molar-refractivity contribution in [2.24, 2.45) is 0 Å². The second kappa shape index (κ2) is 5.95. The minimum absolute atomic E-state index is 0.0303. The number of ether oxygens (including phenoxy) is 1. The van der Waals surface area contributed by atoms with E-state index in [0.717, 1.165) is 17.7 Å². The number of hydrogen-bond acceptors (Lipinski definition) is 2. The van der Waals surface area contributed by atoms with Crippen LogP contribution in [0.3, 0.4) is 0 Å². The number of methoxy groups -OCH3 is 1. The summed E-state index contributed by atoms with van der Waals surface area (Å²) in [5.41, 5.74) is 1.64. The van der Waals surface area contributed by atoms with Crippen molar-refractivity contribution in [3.05, 3.63) is 36.4 Å². The number of hydrogen-bond donors (Lipinski definition) is 1. The molecule has 0 unspecified atom stereocenters. The van der Waals surface area contributed by atoms with Crippen LogP contribution in [-0.4, -0.2) is 13.0 Å². The lowest BCUT2D eigenvalue weighted by molar-refractivity contribution is -0.116. The molecule has 0 saturated heterocycles. The standard InChI is InChI=1S/C13H17NO2/c1-4-6-13(15)14-12-8-5-7-11(9-12)10(2)16-3/h5,7-9H,2,4,6H2,1,3H3,(H,14,15). The van der Waals surface area contributed by atoms with E-state index in [4.69, 9.17) is 4.74 Å². The van der Waals surface area contributed by atoms with Gasteiger partial charge in [-0.05, 0) is 18.6 Å². The van der Waals surface area contributed by atoms with Crippen molar-refractivity contribution in [2.45, 2.75) is 19.8 Å². The third-order valence-electron chi connectivity index (χ3n) is 2.19. The monoisotopic (exact) mass is 219 g/mol. The Morgan fingerprint density at radius 2 is 2.25 bits per heavy atom. The molecule has 3 heteroatoms. The third-order valence-corrected chi connectivity index (χ3v) is 2.19. The van der Waals surface area contributed by atoms with Crippen LogP contribution in [0.4, 0.5) is 5.69 Å². The van der Waals surface area contributed by atoms with Crippen molar-refractivity contribution < 1.29 is 9.53 Å². The van der Waals surface area contributed by atoms with Gasteiger partial charge in [0.15, 0.2) is 0 Å². The minimum Gasteiger partial charge on any atom is -0.497 e.